The van der Waals surface area contributed by atoms with Crippen LogP contribution in [0.25, 0.3) is 0 Å². The van der Waals surface area contributed by atoms with Crippen LogP contribution in [0.2, 0.25) is 0 Å². The number of sulfonamides is 1. The highest BCUT2D eigenvalue weighted by atomic mass is 32.2. The first kappa shape index (κ1) is 14.9. The summed E-state index contributed by atoms with van der Waals surface area (Å²) in [5.74, 6) is 0.152. The average Bonchev–Trinajstić information content (AvgIpc) is 2.22. The summed E-state index contributed by atoms with van der Waals surface area (Å²) in [6, 6.07) is 0. The van der Waals surface area contributed by atoms with E-state index in [0.717, 1.165) is 5.57 Å². The first-order valence-electron chi connectivity index (χ1n) is 5.13. The lowest BCUT2D eigenvalue weighted by atomic mass is 10.2. The van der Waals surface area contributed by atoms with Crippen LogP contribution in [0.4, 0.5) is 0 Å². The predicted octanol–water partition coefficient (Wildman–Crippen LogP) is 2.17. The molecule has 0 aromatic rings. The van der Waals surface area contributed by atoms with E-state index in [4.69, 9.17) is 0 Å². The van der Waals surface area contributed by atoms with Gasteiger partial charge >= 0.3 is 0 Å². The maximum atomic E-state index is 11.4. The molecule has 0 rings (SSSR count). The number of hydrogen-bond donors (Lipinski definition) is 1. The second-order valence-corrected chi connectivity index (χ2v) is 5.14. The second kappa shape index (κ2) is 8.07. The Bertz CT molecular complexity index is 378. The Kier molecular flexibility index (Phi) is 7.50. The molecule has 0 bridgehead atoms. The third-order valence-electron chi connectivity index (χ3n) is 1.75. The molecule has 0 aliphatic carbocycles. The minimum atomic E-state index is -3.15. The Hall–Kier alpha value is -1.13. The smallest absolute Gasteiger partial charge is 0.211 e. The van der Waals surface area contributed by atoms with Crippen LogP contribution in [0, 0.1) is 0 Å². The number of rotatable bonds is 8. The lowest BCUT2D eigenvalue weighted by Gasteiger charge is -2.05. The van der Waals surface area contributed by atoms with Crippen LogP contribution < -0.4 is 4.72 Å². The summed E-state index contributed by atoms with van der Waals surface area (Å²) in [5, 5.41) is 0. The largest absolute Gasteiger partial charge is 0.212 e. The van der Waals surface area contributed by atoms with Crippen LogP contribution in [0.3, 0.4) is 0 Å². The van der Waals surface area contributed by atoms with Crippen molar-refractivity contribution in [1.29, 1.82) is 0 Å². The van der Waals surface area contributed by atoms with Gasteiger partial charge in [-0.2, -0.15) is 0 Å². The van der Waals surface area contributed by atoms with Gasteiger partial charge in [0.1, 0.15) is 0 Å². The second-order valence-electron chi connectivity index (χ2n) is 3.21. The van der Waals surface area contributed by atoms with Crippen molar-refractivity contribution >= 4 is 10.0 Å². The fourth-order valence-corrected chi connectivity index (χ4v) is 2.12. The molecule has 0 aromatic heterocycles. The van der Waals surface area contributed by atoms with Gasteiger partial charge in [-0.25, -0.2) is 13.1 Å². The monoisotopic (exact) mass is 241 g/mol. The highest BCUT2D eigenvalue weighted by molar-refractivity contribution is 7.89. The summed E-state index contributed by atoms with van der Waals surface area (Å²) < 4.78 is 25.3. The zero-order chi connectivity index (χ0) is 12.4. The molecule has 0 fully saturated rings. The van der Waals surface area contributed by atoms with E-state index in [1.54, 1.807) is 30.4 Å². The molecular formula is C12H19NO2S. The van der Waals surface area contributed by atoms with Crippen LogP contribution in [0.1, 0.15) is 13.3 Å². The van der Waals surface area contributed by atoms with E-state index >= 15 is 0 Å². The van der Waals surface area contributed by atoms with Gasteiger partial charge in [-0.15, -0.1) is 0 Å². The fourth-order valence-electron chi connectivity index (χ4n) is 1.05. The van der Waals surface area contributed by atoms with Gasteiger partial charge in [0, 0.05) is 6.54 Å². The molecule has 0 radical (unpaired) electrons. The van der Waals surface area contributed by atoms with E-state index in [9.17, 15) is 8.42 Å². The lowest BCUT2D eigenvalue weighted by molar-refractivity contribution is 0.583. The van der Waals surface area contributed by atoms with E-state index in [0.29, 0.717) is 6.42 Å². The minimum Gasteiger partial charge on any atom is -0.212 e. The first-order chi connectivity index (χ1) is 7.55. The molecule has 0 spiro atoms. The standard InChI is InChI=1S/C12H19NO2S/c1-4-7-9-12(8-5-2)11-13-16(14,15)10-6-3/h4-5,7-9,13H,1-2,6,10-11H2,3H3/b9-7-,12-8+. The molecule has 0 aliphatic heterocycles. The Balaban J connectivity index is 4.44. The van der Waals surface area contributed by atoms with Crippen molar-refractivity contribution in [1.82, 2.24) is 4.72 Å². The number of allylic oxidation sites excluding steroid dienone is 4. The zero-order valence-corrected chi connectivity index (χ0v) is 10.5. The summed E-state index contributed by atoms with van der Waals surface area (Å²) in [5.41, 5.74) is 0.842. The van der Waals surface area contributed by atoms with Crippen molar-refractivity contribution in [2.45, 2.75) is 13.3 Å². The molecule has 0 atom stereocenters. The quantitative estimate of drug-likeness (QED) is 0.662. The van der Waals surface area contributed by atoms with E-state index in [2.05, 4.69) is 17.9 Å². The number of nitrogens with one attached hydrogen (secondary N) is 1. The summed E-state index contributed by atoms with van der Waals surface area (Å²) in [7, 11) is -3.15. The summed E-state index contributed by atoms with van der Waals surface area (Å²) in [6.07, 6.45) is 9.17. The van der Waals surface area contributed by atoms with Gasteiger partial charge in [0.05, 0.1) is 5.75 Å². The molecule has 0 saturated heterocycles. The lowest BCUT2D eigenvalue weighted by Crippen LogP contribution is -2.27. The molecule has 3 nitrogen and oxygen atoms in total. The van der Waals surface area contributed by atoms with Gasteiger partial charge in [0.15, 0.2) is 0 Å². The van der Waals surface area contributed by atoms with E-state index in [-0.39, 0.29) is 12.3 Å². The molecule has 4 heteroatoms. The predicted molar refractivity (Wildman–Crippen MR) is 69.7 cm³/mol. The molecule has 16 heavy (non-hydrogen) atoms. The Morgan fingerprint density at radius 2 is 2.00 bits per heavy atom. The molecule has 0 unspecified atom stereocenters. The van der Waals surface area contributed by atoms with Crippen molar-refractivity contribution in [3.05, 3.63) is 49.1 Å². The van der Waals surface area contributed by atoms with Crippen molar-refractivity contribution in [2.24, 2.45) is 0 Å². The maximum Gasteiger partial charge on any atom is 0.211 e. The van der Waals surface area contributed by atoms with Crippen LogP contribution in [0.15, 0.2) is 49.1 Å². The van der Waals surface area contributed by atoms with Crippen LogP contribution in [0.5, 0.6) is 0 Å². The Labute approximate surface area is 98.3 Å². The van der Waals surface area contributed by atoms with Gasteiger partial charge in [-0.05, 0) is 12.0 Å². The van der Waals surface area contributed by atoms with Gasteiger partial charge in [-0.3, -0.25) is 0 Å². The van der Waals surface area contributed by atoms with Gasteiger partial charge in [0.25, 0.3) is 0 Å². The summed E-state index contributed by atoms with van der Waals surface area (Å²) in [4.78, 5) is 0. The Morgan fingerprint density at radius 3 is 2.50 bits per heavy atom. The van der Waals surface area contributed by atoms with Gasteiger partial charge < -0.3 is 0 Å². The third-order valence-corrected chi connectivity index (χ3v) is 3.28. The van der Waals surface area contributed by atoms with Gasteiger partial charge in [0.2, 0.25) is 10.0 Å². The third kappa shape index (κ3) is 7.20. The van der Waals surface area contributed by atoms with Crippen molar-refractivity contribution in [3.8, 4) is 0 Å². The van der Waals surface area contributed by atoms with Gasteiger partial charge in [-0.1, -0.05) is 50.5 Å². The van der Waals surface area contributed by atoms with Crippen LogP contribution in [-0.4, -0.2) is 20.7 Å². The van der Waals surface area contributed by atoms with E-state index < -0.39 is 10.0 Å². The normalized spacial score (nSPS) is 12.9. The minimum absolute atomic E-state index is 0.152. The fraction of sp³-hybridized carbons (Fsp3) is 0.333. The summed E-state index contributed by atoms with van der Waals surface area (Å²) >= 11 is 0. The summed E-state index contributed by atoms with van der Waals surface area (Å²) in [6.45, 7) is 9.24. The molecule has 0 heterocycles. The highest BCUT2D eigenvalue weighted by Crippen LogP contribution is 1.98. The van der Waals surface area contributed by atoms with Crippen molar-refractivity contribution in [3.63, 3.8) is 0 Å². The molecule has 90 valence electrons. The Morgan fingerprint density at radius 1 is 1.31 bits per heavy atom. The molecule has 0 saturated carbocycles. The van der Waals surface area contributed by atoms with Crippen molar-refractivity contribution < 1.29 is 8.42 Å². The zero-order valence-electron chi connectivity index (χ0n) is 9.65. The van der Waals surface area contributed by atoms with Crippen molar-refractivity contribution in [2.75, 3.05) is 12.3 Å². The SMILES string of the molecule is C=C/C=C\C(=C/C=C)CNS(=O)(=O)CCC. The number of hydrogen-bond acceptors (Lipinski definition) is 2. The molecule has 1 N–H and O–H groups in total. The maximum absolute atomic E-state index is 11.4. The topological polar surface area (TPSA) is 46.2 Å². The van der Waals surface area contributed by atoms with E-state index in [1.165, 1.54) is 0 Å². The highest BCUT2D eigenvalue weighted by Gasteiger charge is 2.07. The van der Waals surface area contributed by atoms with Crippen LogP contribution >= 0.6 is 0 Å². The molecule has 0 amide bonds. The molecular weight excluding hydrogens is 222 g/mol. The first-order valence-corrected chi connectivity index (χ1v) is 6.79. The molecule has 0 aromatic carbocycles. The average molecular weight is 241 g/mol. The van der Waals surface area contributed by atoms with E-state index in [1.807, 2.05) is 6.92 Å². The molecule has 0 aliphatic rings. The van der Waals surface area contributed by atoms with Crippen LogP contribution in [-0.2, 0) is 10.0 Å².